The van der Waals surface area contributed by atoms with Gasteiger partial charge in [0.1, 0.15) is 0 Å². The molecule has 0 saturated heterocycles. The van der Waals surface area contributed by atoms with Crippen molar-refractivity contribution in [3.05, 3.63) is 17.0 Å². The largest absolute Gasteiger partial charge is 0.272 e. The molecule has 0 N–H and O–H groups in total. The molecule has 1 aromatic rings. The second kappa shape index (κ2) is 3.90. The normalized spacial score (nSPS) is 12.0. The monoisotopic (exact) mass is 236 g/mol. The molecule has 1 rings (SSSR count). The zero-order valence-electron chi connectivity index (χ0n) is 8.41. The lowest BCUT2D eigenvalue weighted by Crippen LogP contribution is -2.03. The van der Waals surface area contributed by atoms with Crippen LogP contribution in [-0.4, -0.2) is 24.0 Å². The molecule has 1 heterocycles. The summed E-state index contributed by atoms with van der Waals surface area (Å²) in [6.45, 7) is 3.78. The van der Waals surface area contributed by atoms with Crippen LogP contribution in [0.15, 0.2) is 0 Å². The Labute approximate surface area is 88.3 Å². The second-order valence-electron chi connectivity index (χ2n) is 3.27. The Morgan fingerprint density at radius 3 is 2.36 bits per heavy atom. The first-order chi connectivity index (χ1) is 6.31. The van der Waals surface area contributed by atoms with E-state index in [1.807, 2.05) is 20.9 Å². The maximum absolute atomic E-state index is 10.8. The molecule has 0 aliphatic carbocycles. The molecule has 0 radical (unpaired) electrons. The molecule has 0 spiro atoms. The molecule has 0 aliphatic heterocycles. The quantitative estimate of drug-likeness (QED) is 0.740. The highest BCUT2D eigenvalue weighted by Gasteiger charge is 2.12. The van der Waals surface area contributed by atoms with Gasteiger partial charge in [0.25, 0.3) is 0 Å². The van der Waals surface area contributed by atoms with Crippen molar-refractivity contribution in [2.24, 2.45) is 7.05 Å². The number of aromatic nitrogens is 2. The average Bonchev–Trinajstić information content (AvgIpc) is 2.23. The minimum atomic E-state index is -3.41. The van der Waals surface area contributed by atoms with Crippen LogP contribution in [0.2, 0.25) is 0 Å². The fraction of sp³-hybridized carbons (Fsp3) is 0.625. The van der Waals surface area contributed by atoms with Crippen molar-refractivity contribution < 1.29 is 8.42 Å². The Morgan fingerprint density at radius 1 is 1.43 bits per heavy atom. The third kappa shape index (κ3) is 2.72. The van der Waals surface area contributed by atoms with E-state index in [0.29, 0.717) is 6.42 Å². The van der Waals surface area contributed by atoms with Gasteiger partial charge in [-0.05, 0) is 25.8 Å². The molecule has 80 valence electrons. The molecule has 0 unspecified atom stereocenters. The topological polar surface area (TPSA) is 52.0 Å². The molecule has 4 nitrogen and oxygen atoms in total. The first-order valence-corrected chi connectivity index (χ1v) is 6.70. The first kappa shape index (κ1) is 11.5. The third-order valence-electron chi connectivity index (χ3n) is 2.25. The Hall–Kier alpha value is -0.550. The van der Waals surface area contributed by atoms with Crippen molar-refractivity contribution in [2.75, 3.05) is 5.75 Å². The molecule has 0 saturated carbocycles. The van der Waals surface area contributed by atoms with Crippen LogP contribution in [0, 0.1) is 13.8 Å². The summed E-state index contributed by atoms with van der Waals surface area (Å²) in [6, 6.07) is 0. The van der Waals surface area contributed by atoms with Crippen molar-refractivity contribution >= 4 is 19.7 Å². The van der Waals surface area contributed by atoms with E-state index in [-0.39, 0.29) is 5.75 Å². The van der Waals surface area contributed by atoms with Gasteiger partial charge in [0.15, 0.2) is 0 Å². The van der Waals surface area contributed by atoms with Crippen LogP contribution in [0.25, 0.3) is 0 Å². The number of nitrogens with zero attached hydrogens (tertiary/aromatic N) is 2. The molecule has 0 bridgehead atoms. The molecule has 0 atom stereocenters. The smallest absolute Gasteiger partial charge is 0.232 e. The zero-order chi connectivity index (χ0) is 10.9. The summed E-state index contributed by atoms with van der Waals surface area (Å²) >= 11 is 0. The SMILES string of the molecule is Cc1nn(C)c(C)c1CCS(=O)(=O)Cl. The maximum atomic E-state index is 10.8. The van der Waals surface area contributed by atoms with Crippen molar-refractivity contribution in [3.8, 4) is 0 Å². The lowest BCUT2D eigenvalue weighted by Gasteiger charge is -1.99. The molecule has 0 amide bonds. The van der Waals surface area contributed by atoms with Gasteiger partial charge in [0, 0.05) is 23.4 Å². The lowest BCUT2D eigenvalue weighted by atomic mass is 10.1. The van der Waals surface area contributed by atoms with E-state index < -0.39 is 9.05 Å². The van der Waals surface area contributed by atoms with Crippen LogP contribution in [0.5, 0.6) is 0 Å². The van der Waals surface area contributed by atoms with E-state index in [9.17, 15) is 8.42 Å². The fourth-order valence-electron chi connectivity index (χ4n) is 1.40. The van der Waals surface area contributed by atoms with Crippen molar-refractivity contribution in [1.29, 1.82) is 0 Å². The van der Waals surface area contributed by atoms with E-state index >= 15 is 0 Å². The predicted octanol–water partition coefficient (Wildman–Crippen LogP) is 1.15. The van der Waals surface area contributed by atoms with Gasteiger partial charge in [0.2, 0.25) is 9.05 Å². The molecule has 1 aromatic heterocycles. The van der Waals surface area contributed by atoms with E-state index in [0.717, 1.165) is 17.0 Å². The Balaban J connectivity index is 2.87. The lowest BCUT2D eigenvalue weighted by molar-refractivity contribution is 0.608. The van der Waals surface area contributed by atoms with Crippen LogP contribution >= 0.6 is 10.7 Å². The van der Waals surface area contributed by atoms with Crippen molar-refractivity contribution in [1.82, 2.24) is 9.78 Å². The summed E-state index contributed by atoms with van der Waals surface area (Å²) < 4.78 is 23.3. The molecule has 14 heavy (non-hydrogen) atoms. The van der Waals surface area contributed by atoms with Gasteiger partial charge in [0.05, 0.1) is 11.4 Å². The highest BCUT2D eigenvalue weighted by atomic mass is 35.7. The molecular weight excluding hydrogens is 224 g/mol. The van der Waals surface area contributed by atoms with E-state index in [2.05, 4.69) is 5.10 Å². The molecule has 0 fully saturated rings. The summed E-state index contributed by atoms with van der Waals surface area (Å²) in [4.78, 5) is 0. The number of aryl methyl sites for hydroxylation is 2. The van der Waals surface area contributed by atoms with Crippen molar-refractivity contribution in [3.63, 3.8) is 0 Å². The summed E-state index contributed by atoms with van der Waals surface area (Å²) in [6.07, 6.45) is 0.428. The van der Waals surface area contributed by atoms with Crippen LogP contribution < -0.4 is 0 Å². The van der Waals surface area contributed by atoms with Crippen LogP contribution in [-0.2, 0) is 22.5 Å². The first-order valence-electron chi connectivity index (χ1n) is 4.22. The maximum Gasteiger partial charge on any atom is 0.232 e. The summed E-state index contributed by atoms with van der Waals surface area (Å²) in [7, 11) is 3.56. The molecule has 6 heteroatoms. The molecule has 0 aliphatic rings. The molecular formula is C8H13ClN2O2S. The minimum absolute atomic E-state index is 0.0398. The minimum Gasteiger partial charge on any atom is -0.272 e. The number of hydrogen-bond donors (Lipinski definition) is 0. The van der Waals surface area contributed by atoms with Gasteiger partial charge in [-0.25, -0.2) is 8.42 Å². The highest BCUT2D eigenvalue weighted by Crippen LogP contribution is 2.14. The van der Waals surface area contributed by atoms with E-state index in [4.69, 9.17) is 10.7 Å². The number of rotatable bonds is 3. The van der Waals surface area contributed by atoms with Gasteiger partial charge in [-0.1, -0.05) is 0 Å². The Bertz CT molecular complexity index is 436. The van der Waals surface area contributed by atoms with Crippen molar-refractivity contribution in [2.45, 2.75) is 20.3 Å². The van der Waals surface area contributed by atoms with Crippen LogP contribution in [0.4, 0.5) is 0 Å². The van der Waals surface area contributed by atoms with E-state index in [1.54, 1.807) is 4.68 Å². The average molecular weight is 237 g/mol. The second-order valence-corrected chi connectivity index (χ2v) is 6.16. The summed E-state index contributed by atoms with van der Waals surface area (Å²) in [5.41, 5.74) is 2.82. The van der Waals surface area contributed by atoms with Gasteiger partial charge < -0.3 is 0 Å². The summed E-state index contributed by atoms with van der Waals surface area (Å²) in [5.74, 6) is -0.0398. The van der Waals surface area contributed by atoms with Gasteiger partial charge in [-0.15, -0.1) is 0 Å². The Morgan fingerprint density at radius 2 is 2.00 bits per heavy atom. The van der Waals surface area contributed by atoms with Gasteiger partial charge in [-0.3, -0.25) is 4.68 Å². The third-order valence-corrected chi connectivity index (χ3v) is 3.41. The highest BCUT2D eigenvalue weighted by molar-refractivity contribution is 8.13. The van der Waals surface area contributed by atoms with Gasteiger partial charge in [-0.2, -0.15) is 5.10 Å². The van der Waals surface area contributed by atoms with E-state index in [1.165, 1.54) is 0 Å². The predicted molar refractivity (Wildman–Crippen MR) is 56.0 cm³/mol. The standard InChI is InChI=1S/C8H13ClN2O2S/c1-6-8(4-5-14(9,12)13)7(2)11(3)10-6/h4-5H2,1-3H3. The molecule has 0 aromatic carbocycles. The zero-order valence-corrected chi connectivity index (χ0v) is 9.98. The number of hydrogen-bond acceptors (Lipinski definition) is 3. The van der Waals surface area contributed by atoms with Gasteiger partial charge >= 0.3 is 0 Å². The Kier molecular flexibility index (Phi) is 3.21. The van der Waals surface area contributed by atoms with Crippen LogP contribution in [0.1, 0.15) is 17.0 Å². The van der Waals surface area contributed by atoms with Crippen LogP contribution in [0.3, 0.4) is 0 Å². The fourth-order valence-corrected chi connectivity index (χ4v) is 2.08. The number of halogens is 1. The summed E-state index contributed by atoms with van der Waals surface area (Å²) in [5, 5.41) is 4.19.